The van der Waals surface area contributed by atoms with E-state index in [1.165, 1.54) is 0 Å². The lowest BCUT2D eigenvalue weighted by Crippen LogP contribution is -2.37. The Morgan fingerprint density at radius 2 is 1.90 bits per heavy atom. The third-order valence-corrected chi connectivity index (χ3v) is 5.55. The molecule has 3 heterocycles. The zero-order chi connectivity index (χ0) is 21.8. The van der Waals surface area contributed by atoms with Crippen LogP contribution in [0.15, 0.2) is 42.7 Å². The highest BCUT2D eigenvalue weighted by atomic mass is 16.5. The Morgan fingerprint density at radius 1 is 1.16 bits per heavy atom. The predicted molar refractivity (Wildman–Crippen MR) is 117 cm³/mol. The maximum absolute atomic E-state index is 12.0. The molecule has 2 aromatic heterocycles. The van der Waals surface area contributed by atoms with Gasteiger partial charge in [-0.1, -0.05) is 0 Å². The van der Waals surface area contributed by atoms with E-state index in [4.69, 9.17) is 14.5 Å². The van der Waals surface area contributed by atoms with Crippen molar-refractivity contribution >= 4 is 11.9 Å². The van der Waals surface area contributed by atoms with Gasteiger partial charge in [0.05, 0.1) is 36.7 Å². The predicted octanol–water partition coefficient (Wildman–Crippen LogP) is 3.43. The van der Waals surface area contributed by atoms with Crippen molar-refractivity contribution < 1.29 is 14.3 Å². The van der Waals surface area contributed by atoms with Crippen molar-refractivity contribution in [2.75, 3.05) is 31.7 Å². The van der Waals surface area contributed by atoms with Crippen molar-refractivity contribution in [3.8, 4) is 22.7 Å². The Bertz CT molecular complexity index is 1040. The average molecular weight is 422 g/mol. The van der Waals surface area contributed by atoms with Gasteiger partial charge in [0.15, 0.2) is 0 Å². The molecule has 8 nitrogen and oxygen atoms in total. The number of hydrogen-bond acceptors (Lipinski definition) is 7. The van der Waals surface area contributed by atoms with Crippen LogP contribution in [0.5, 0.6) is 5.75 Å². The second-order valence-corrected chi connectivity index (χ2v) is 7.53. The first-order valence-corrected chi connectivity index (χ1v) is 10.5. The number of nitrogens with zero attached hydrogens (tertiary/aromatic N) is 5. The van der Waals surface area contributed by atoms with E-state index in [1.54, 1.807) is 13.3 Å². The lowest BCUT2D eigenvalue weighted by Gasteiger charge is -2.30. The molecule has 0 amide bonds. The molecule has 3 aromatic rings. The highest BCUT2D eigenvalue weighted by Gasteiger charge is 2.27. The van der Waals surface area contributed by atoms with Gasteiger partial charge in [0.25, 0.3) is 0 Å². The molecule has 1 fully saturated rings. The molecule has 0 atom stereocenters. The second-order valence-electron chi connectivity index (χ2n) is 7.53. The zero-order valence-corrected chi connectivity index (χ0v) is 18.1. The zero-order valence-electron chi connectivity index (χ0n) is 18.1. The first-order valence-electron chi connectivity index (χ1n) is 10.5. The summed E-state index contributed by atoms with van der Waals surface area (Å²) in [5.41, 5.74) is 3.63. The van der Waals surface area contributed by atoms with Gasteiger partial charge in [0.2, 0.25) is 5.95 Å². The Hall–Kier alpha value is -3.42. The molecule has 0 radical (unpaired) electrons. The summed E-state index contributed by atoms with van der Waals surface area (Å²) in [7, 11) is 1.65. The van der Waals surface area contributed by atoms with Crippen LogP contribution < -0.4 is 9.64 Å². The van der Waals surface area contributed by atoms with Gasteiger partial charge in [-0.05, 0) is 57.0 Å². The van der Waals surface area contributed by atoms with Crippen molar-refractivity contribution in [3.05, 3.63) is 48.4 Å². The Morgan fingerprint density at radius 3 is 2.58 bits per heavy atom. The topological polar surface area (TPSA) is 82.4 Å². The number of carbonyl (C=O) groups excluding carboxylic acids is 1. The van der Waals surface area contributed by atoms with Crippen LogP contribution in [0.1, 0.15) is 25.5 Å². The van der Waals surface area contributed by atoms with E-state index in [2.05, 4.69) is 15.0 Å². The molecule has 1 aromatic carbocycles. The maximum Gasteiger partial charge on any atom is 0.309 e. The van der Waals surface area contributed by atoms with Crippen LogP contribution in [0.4, 0.5) is 5.95 Å². The number of aromatic nitrogens is 4. The molecule has 1 aliphatic rings. The van der Waals surface area contributed by atoms with Crippen molar-refractivity contribution in [1.82, 2.24) is 19.7 Å². The summed E-state index contributed by atoms with van der Waals surface area (Å²) in [5, 5.41) is 4.65. The van der Waals surface area contributed by atoms with E-state index in [0.717, 1.165) is 54.3 Å². The van der Waals surface area contributed by atoms with Gasteiger partial charge in [0, 0.05) is 31.0 Å². The van der Waals surface area contributed by atoms with Gasteiger partial charge < -0.3 is 14.4 Å². The van der Waals surface area contributed by atoms with E-state index in [0.29, 0.717) is 12.6 Å². The summed E-state index contributed by atoms with van der Waals surface area (Å²) in [6.45, 7) is 5.70. The van der Waals surface area contributed by atoms with Crippen molar-refractivity contribution in [1.29, 1.82) is 0 Å². The summed E-state index contributed by atoms with van der Waals surface area (Å²) in [6, 6.07) is 9.66. The first kappa shape index (κ1) is 20.8. The molecular formula is C23H27N5O3. The number of ether oxygens (including phenoxy) is 2. The minimum Gasteiger partial charge on any atom is -0.497 e. The molecule has 0 spiro atoms. The lowest BCUT2D eigenvalue weighted by atomic mass is 9.97. The second kappa shape index (κ2) is 9.16. The van der Waals surface area contributed by atoms with Gasteiger partial charge in [0.1, 0.15) is 5.75 Å². The monoisotopic (exact) mass is 421 g/mol. The van der Waals surface area contributed by atoms with Gasteiger partial charge in [-0.2, -0.15) is 5.10 Å². The van der Waals surface area contributed by atoms with Gasteiger partial charge in [-0.25, -0.2) is 14.6 Å². The average Bonchev–Trinajstić information content (AvgIpc) is 3.21. The standard InChI is InChI=1S/C23H27N5O3/c1-4-31-22(29)17-10-13-27(14-11-17)23-24-12-9-21(25-23)20-15-28(26-16(20)2)18-5-7-19(30-3)8-6-18/h5-9,12,15,17H,4,10-11,13-14H2,1-3H3. The summed E-state index contributed by atoms with van der Waals surface area (Å²) in [4.78, 5) is 23.4. The Labute approximate surface area is 181 Å². The summed E-state index contributed by atoms with van der Waals surface area (Å²) >= 11 is 0. The fourth-order valence-corrected chi connectivity index (χ4v) is 3.80. The Balaban J connectivity index is 1.51. The quantitative estimate of drug-likeness (QED) is 0.564. The third-order valence-electron chi connectivity index (χ3n) is 5.55. The molecule has 0 aliphatic carbocycles. The SMILES string of the molecule is CCOC(=O)C1CCN(c2nccc(-c3cn(-c4ccc(OC)cc4)nc3C)n2)CC1. The van der Waals surface area contributed by atoms with Crippen LogP contribution in [0, 0.1) is 12.8 Å². The fourth-order valence-electron chi connectivity index (χ4n) is 3.80. The van der Waals surface area contributed by atoms with E-state index >= 15 is 0 Å². The van der Waals surface area contributed by atoms with Crippen LogP contribution in [-0.2, 0) is 9.53 Å². The normalized spacial score (nSPS) is 14.5. The first-order chi connectivity index (χ1) is 15.1. The molecule has 0 bridgehead atoms. The molecule has 162 valence electrons. The molecule has 1 saturated heterocycles. The number of rotatable bonds is 6. The van der Waals surface area contributed by atoms with Gasteiger partial charge in [-0.3, -0.25) is 4.79 Å². The highest BCUT2D eigenvalue weighted by molar-refractivity contribution is 5.72. The van der Waals surface area contributed by atoms with Gasteiger partial charge in [-0.15, -0.1) is 0 Å². The van der Waals surface area contributed by atoms with E-state index < -0.39 is 0 Å². The fraction of sp³-hybridized carbons (Fsp3) is 0.391. The number of piperidine rings is 1. The number of anilines is 1. The summed E-state index contributed by atoms with van der Waals surface area (Å²) < 4.78 is 12.2. The van der Waals surface area contributed by atoms with Crippen LogP contribution >= 0.6 is 0 Å². The van der Waals surface area contributed by atoms with Crippen molar-refractivity contribution in [2.45, 2.75) is 26.7 Å². The lowest BCUT2D eigenvalue weighted by molar-refractivity contribution is -0.148. The van der Waals surface area contributed by atoms with Crippen molar-refractivity contribution in [2.24, 2.45) is 5.92 Å². The Kier molecular flexibility index (Phi) is 6.16. The van der Waals surface area contributed by atoms with Crippen LogP contribution in [0.2, 0.25) is 0 Å². The molecule has 1 aliphatic heterocycles. The number of benzene rings is 1. The van der Waals surface area contributed by atoms with E-state index in [-0.39, 0.29) is 11.9 Å². The maximum atomic E-state index is 12.0. The largest absolute Gasteiger partial charge is 0.497 e. The third kappa shape index (κ3) is 4.52. The number of esters is 1. The molecule has 0 N–H and O–H groups in total. The molecule has 31 heavy (non-hydrogen) atoms. The van der Waals surface area contributed by atoms with Crippen LogP contribution in [0.3, 0.4) is 0 Å². The van der Waals surface area contributed by atoms with Crippen molar-refractivity contribution in [3.63, 3.8) is 0 Å². The summed E-state index contributed by atoms with van der Waals surface area (Å²) in [5.74, 6) is 1.35. The molecule has 4 rings (SSSR count). The van der Waals surface area contributed by atoms with Crippen LogP contribution in [0.25, 0.3) is 16.9 Å². The van der Waals surface area contributed by atoms with Crippen LogP contribution in [-0.4, -0.2) is 52.5 Å². The van der Waals surface area contributed by atoms with E-state index in [9.17, 15) is 4.79 Å². The smallest absolute Gasteiger partial charge is 0.309 e. The summed E-state index contributed by atoms with van der Waals surface area (Å²) in [6.07, 6.45) is 5.26. The highest BCUT2D eigenvalue weighted by Crippen LogP contribution is 2.26. The number of carbonyl (C=O) groups is 1. The molecule has 0 saturated carbocycles. The number of aryl methyl sites for hydroxylation is 1. The van der Waals surface area contributed by atoms with Gasteiger partial charge >= 0.3 is 5.97 Å². The minimum atomic E-state index is -0.0987. The number of methoxy groups -OCH3 is 1. The van der Waals surface area contributed by atoms with E-state index in [1.807, 2.05) is 55.1 Å². The molecule has 0 unspecified atom stereocenters. The number of hydrogen-bond donors (Lipinski definition) is 0. The molecule has 8 heteroatoms. The minimum absolute atomic E-state index is 0.0376. The molecular weight excluding hydrogens is 394 g/mol.